The van der Waals surface area contributed by atoms with Gasteiger partial charge in [0.2, 0.25) is 0 Å². The molecule has 1 heterocycles. The lowest BCUT2D eigenvalue weighted by molar-refractivity contribution is 0.609. The molecule has 1 aromatic carbocycles. The van der Waals surface area contributed by atoms with Crippen molar-refractivity contribution in [2.45, 2.75) is 46.7 Å². The molecule has 2 aromatic rings. The fraction of sp³-hybridized carbons (Fsp3) is 0.526. The van der Waals surface area contributed by atoms with Gasteiger partial charge in [-0.2, -0.15) is 0 Å². The number of benzene rings is 1. The molecule has 1 atom stereocenters. The first-order chi connectivity index (χ1) is 12.9. The molecule has 0 aliphatic rings. The van der Waals surface area contributed by atoms with Crippen molar-refractivity contribution in [2.24, 2.45) is 10.9 Å². The minimum atomic E-state index is 0. The third-order valence-electron chi connectivity index (χ3n) is 4.07. The first kappa shape index (κ1) is 25.0. The molecule has 6 nitrogen and oxygen atoms in total. The van der Waals surface area contributed by atoms with Gasteiger partial charge in [-0.3, -0.25) is 4.99 Å². The van der Waals surface area contributed by atoms with E-state index in [2.05, 4.69) is 58.1 Å². The molecule has 0 aliphatic heterocycles. The molecule has 0 spiro atoms. The van der Waals surface area contributed by atoms with E-state index in [0.29, 0.717) is 16.0 Å². The van der Waals surface area contributed by atoms with Crippen molar-refractivity contribution in [3.63, 3.8) is 0 Å². The van der Waals surface area contributed by atoms with Crippen molar-refractivity contribution in [3.8, 4) is 0 Å². The van der Waals surface area contributed by atoms with Gasteiger partial charge < -0.3 is 15.2 Å². The van der Waals surface area contributed by atoms with E-state index in [0.717, 1.165) is 43.4 Å². The number of rotatable bonds is 8. The van der Waals surface area contributed by atoms with Gasteiger partial charge in [-0.1, -0.05) is 50.0 Å². The molecule has 28 heavy (non-hydrogen) atoms. The Labute approximate surface area is 194 Å². The molecule has 0 saturated carbocycles. The van der Waals surface area contributed by atoms with E-state index in [1.807, 2.05) is 18.2 Å². The van der Waals surface area contributed by atoms with Crippen LogP contribution in [-0.2, 0) is 13.0 Å². The Morgan fingerprint density at radius 2 is 1.96 bits per heavy atom. The fourth-order valence-corrected chi connectivity index (χ4v) is 2.84. The van der Waals surface area contributed by atoms with Gasteiger partial charge >= 0.3 is 0 Å². The van der Waals surface area contributed by atoms with Crippen molar-refractivity contribution in [2.75, 3.05) is 13.1 Å². The van der Waals surface area contributed by atoms with Gasteiger partial charge in [-0.15, -0.1) is 34.2 Å². The summed E-state index contributed by atoms with van der Waals surface area (Å²) in [7, 11) is 0. The predicted molar refractivity (Wildman–Crippen MR) is 128 cm³/mol. The van der Waals surface area contributed by atoms with Gasteiger partial charge in [0.25, 0.3) is 0 Å². The number of guanidine groups is 1. The van der Waals surface area contributed by atoms with Gasteiger partial charge in [-0.05, 0) is 30.5 Å². The normalized spacial score (nSPS) is 12.6. The predicted octanol–water partition coefficient (Wildman–Crippen LogP) is 4.72. The first-order valence-electron chi connectivity index (χ1n) is 9.27. The van der Waals surface area contributed by atoms with Gasteiger partial charge in [0.15, 0.2) is 5.96 Å². The van der Waals surface area contributed by atoms with Crippen LogP contribution in [0.25, 0.3) is 0 Å². The summed E-state index contributed by atoms with van der Waals surface area (Å²) >= 11 is 12.2. The molecule has 1 aromatic heterocycles. The average molecular weight is 539 g/mol. The lowest BCUT2D eigenvalue weighted by Crippen LogP contribution is -2.40. The second-order valence-corrected chi connectivity index (χ2v) is 7.66. The topological polar surface area (TPSA) is 67.1 Å². The minimum absolute atomic E-state index is 0. The molecule has 0 radical (unpaired) electrons. The van der Waals surface area contributed by atoms with Crippen molar-refractivity contribution in [1.29, 1.82) is 0 Å². The molecule has 0 amide bonds. The SMILES string of the molecule is CCc1nncn1CCNC(=NCC(C)C)NC(C)c1ccc(Cl)c(Cl)c1.I. The number of nitrogens with one attached hydrogen (secondary N) is 2. The quantitative estimate of drug-likeness (QED) is 0.290. The third-order valence-corrected chi connectivity index (χ3v) is 4.81. The van der Waals surface area contributed by atoms with Crippen LogP contribution in [0.15, 0.2) is 29.5 Å². The maximum Gasteiger partial charge on any atom is 0.191 e. The van der Waals surface area contributed by atoms with Crippen LogP contribution in [0.4, 0.5) is 0 Å². The Morgan fingerprint density at radius 1 is 1.21 bits per heavy atom. The van der Waals surface area contributed by atoms with E-state index in [1.165, 1.54) is 0 Å². The van der Waals surface area contributed by atoms with E-state index in [9.17, 15) is 0 Å². The van der Waals surface area contributed by atoms with Gasteiger partial charge in [0.1, 0.15) is 12.2 Å². The van der Waals surface area contributed by atoms with Crippen LogP contribution >= 0.6 is 47.2 Å². The average Bonchev–Trinajstić information content (AvgIpc) is 3.09. The number of hydrogen-bond acceptors (Lipinski definition) is 3. The molecule has 0 saturated heterocycles. The molecule has 9 heteroatoms. The van der Waals surface area contributed by atoms with E-state index < -0.39 is 0 Å². The smallest absolute Gasteiger partial charge is 0.191 e. The van der Waals surface area contributed by atoms with Crippen molar-refractivity contribution in [3.05, 3.63) is 46.0 Å². The third kappa shape index (κ3) is 7.75. The van der Waals surface area contributed by atoms with Crippen LogP contribution in [-0.4, -0.2) is 33.8 Å². The number of aliphatic imine (C=N–C) groups is 1. The first-order valence-corrected chi connectivity index (χ1v) is 10.0. The summed E-state index contributed by atoms with van der Waals surface area (Å²) in [4.78, 5) is 4.68. The summed E-state index contributed by atoms with van der Waals surface area (Å²) in [6.45, 7) is 10.7. The summed E-state index contributed by atoms with van der Waals surface area (Å²) in [6.07, 6.45) is 2.62. The second kappa shape index (κ2) is 12.5. The Hall–Kier alpha value is -1.06. The lowest BCUT2D eigenvalue weighted by Gasteiger charge is -2.20. The van der Waals surface area contributed by atoms with E-state index in [4.69, 9.17) is 23.2 Å². The molecule has 2 rings (SSSR count). The Bertz CT molecular complexity index is 763. The zero-order chi connectivity index (χ0) is 19.8. The second-order valence-electron chi connectivity index (χ2n) is 6.84. The minimum Gasteiger partial charge on any atom is -0.355 e. The van der Waals surface area contributed by atoms with Gasteiger partial charge in [0.05, 0.1) is 16.1 Å². The number of nitrogens with zero attached hydrogens (tertiary/aromatic N) is 4. The molecule has 2 N–H and O–H groups in total. The van der Waals surface area contributed by atoms with E-state index in [1.54, 1.807) is 6.33 Å². The highest BCUT2D eigenvalue weighted by molar-refractivity contribution is 14.0. The number of aromatic nitrogens is 3. The molecule has 156 valence electrons. The summed E-state index contributed by atoms with van der Waals surface area (Å²) in [5.41, 5.74) is 1.05. The molecule has 0 bridgehead atoms. The highest BCUT2D eigenvalue weighted by Gasteiger charge is 2.10. The van der Waals surface area contributed by atoms with Gasteiger partial charge in [0, 0.05) is 26.1 Å². The molecule has 0 aliphatic carbocycles. The van der Waals surface area contributed by atoms with Crippen LogP contribution < -0.4 is 10.6 Å². The zero-order valence-corrected chi connectivity index (χ0v) is 20.6. The fourth-order valence-electron chi connectivity index (χ4n) is 2.53. The molecular weight excluding hydrogens is 510 g/mol. The summed E-state index contributed by atoms with van der Waals surface area (Å²) < 4.78 is 2.05. The number of aryl methyl sites for hydroxylation is 1. The highest BCUT2D eigenvalue weighted by Crippen LogP contribution is 2.25. The van der Waals surface area contributed by atoms with Crippen LogP contribution in [0.1, 0.15) is 45.1 Å². The Morgan fingerprint density at radius 3 is 2.61 bits per heavy atom. The summed E-state index contributed by atoms with van der Waals surface area (Å²) in [6, 6.07) is 5.70. The molecule has 0 fully saturated rings. The lowest BCUT2D eigenvalue weighted by atomic mass is 10.1. The zero-order valence-electron chi connectivity index (χ0n) is 16.7. The van der Waals surface area contributed by atoms with Crippen LogP contribution in [0.2, 0.25) is 10.0 Å². The number of halogens is 3. The summed E-state index contributed by atoms with van der Waals surface area (Å²) in [5, 5.41) is 16.0. The van der Waals surface area contributed by atoms with Crippen LogP contribution in [0.3, 0.4) is 0 Å². The van der Waals surface area contributed by atoms with Crippen molar-refractivity contribution >= 4 is 53.1 Å². The Kier molecular flexibility index (Phi) is 11.1. The van der Waals surface area contributed by atoms with E-state index in [-0.39, 0.29) is 30.0 Å². The summed E-state index contributed by atoms with van der Waals surface area (Å²) in [5.74, 6) is 2.23. The maximum absolute atomic E-state index is 6.15. The highest BCUT2D eigenvalue weighted by atomic mass is 127. The largest absolute Gasteiger partial charge is 0.355 e. The van der Waals surface area contributed by atoms with Gasteiger partial charge in [-0.25, -0.2) is 0 Å². The van der Waals surface area contributed by atoms with Crippen molar-refractivity contribution in [1.82, 2.24) is 25.4 Å². The standard InChI is InChI=1S/C19H28Cl2N6.HI/c1-5-18-26-24-12-27(18)9-8-22-19(23-11-13(2)3)25-14(4)15-6-7-16(20)17(21)10-15;/h6-7,10,12-14H,5,8-9,11H2,1-4H3,(H2,22,23,25);1H. The van der Waals surface area contributed by atoms with E-state index >= 15 is 0 Å². The number of hydrogen-bond donors (Lipinski definition) is 2. The van der Waals surface area contributed by atoms with Crippen molar-refractivity contribution < 1.29 is 0 Å². The monoisotopic (exact) mass is 538 g/mol. The molecule has 1 unspecified atom stereocenters. The molecular formula is C19H29Cl2IN6. The Balaban J connectivity index is 0.00000392. The van der Waals surface area contributed by atoms with Crippen LogP contribution in [0.5, 0.6) is 0 Å². The maximum atomic E-state index is 6.15. The van der Waals surface area contributed by atoms with Crippen LogP contribution in [0, 0.1) is 5.92 Å².